The van der Waals surface area contributed by atoms with Crippen LogP contribution < -0.4 is 4.74 Å². The Morgan fingerprint density at radius 2 is 1.77 bits per heavy atom. The van der Waals surface area contributed by atoms with Gasteiger partial charge >= 0.3 is 0 Å². The van der Waals surface area contributed by atoms with Gasteiger partial charge in [-0.05, 0) is 45.0 Å². The maximum Gasteiger partial charge on any atom is 0.129 e. The summed E-state index contributed by atoms with van der Waals surface area (Å²) in [5.41, 5.74) is 2.27. The summed E-state index contributed by atoms with van der Waals surface area (Å²) in [6, 6.07) is 13.7. The molecule has 1 aromatic heterocycles. The summed E-state index contributed by atoms with van der Waals surface area (Å²) in [5, 5.41) is 9.95. The van der Waals surface area contributed by atoms with Gasteiger partial charge in [-0.1, -0.05) is 17.7 Å². The SMILES string of the molecule is Cc1ccc(Oc2ccc3c(c2)ncn3CC(C)(C)O)cc1. The molecule has 0 spiro atoms. The maximum absolute atomic E-state index is 9.95. The number of benzene rings is 2. The molecule has 0 fully saturated rings. The summed E-state index contributed by atoms with van der Waals surface area (Å²) >= 11 is 0. The van der Waals surface area contributed by atoms with E-state index >= 15 is 0 Å². The number of aromatic nitrogens is 2. The monoisotopic (exact) mass is 296 g/mol. The van der Waals surface area contributed by atoms with Crippen LogP contribution in [0.4, 0.5) is 0 Å². The molecule has 4 nitrogen and oxygen atoms in total. The fourth-order valence-electron chi connectivity index (χ4n) is 2.39. The molecule has 2 aromatic carbocycles. The molecule has 0 aliphatic heterocycles. The van der Waals surface area contributed by atoms with Crippen molar-refractivity contribution < 1.29 is 9.84 Å². The Morgan fingerprint density at radius 3 is 2.45 bits per heavy atom. The van der Waals surface area contributed by atoms with E-state index in [4.69, 9.17) is 4.74 Å². The molecule has 0 amide bonds. The van der Waals surface area contributed by atoms with Crippen molar-refractivity contribution in [2.45, 2.75) is 32.9 Å². The van der Waals surface area contributed by atoms with Crippen LogP contribution in [0.5, 0.6) is 11.5 Å². The standard InChI is InChI=1S/C18H20N2O2/c1-13-4-6-14(7-5-13)22-15-8-9-17-16(10-15)19-12-20(17)11-18(2,3)21/h4-10,12,21H,11H2,1-3H3. The zero-order valence-electron chi connectivity index (χ0n) is 13.1. The Hall–Kier alpha value is -2.33. The lowest BCUT2D eigenvalue weighted by atomic mass is 10.1. The molecule has 0 bridgehead atoms. The number of aliphatic hydroxyl groups is 1. The van der Waals surface area contributed by atoms with Gasteiger partial charge in [0, 0.05) is 6.07 Å². The molecule has 3 aromatic rings. The van der Waals surface area contributed by atoms with Crippen LogP contribution in [0.25, 0.3) is 11.0 Å². The first-order valence-corrected chi connectivity index (χ1v) is 7.32. The quantitative estimate of drug-likeness (QED) is 0.794. The molecule has 22 heavy (non-hydrogen) atoms. The van der Waals surface area contributed by atoms with E-state index < -0.39 is 5.60 Å². The van der Waals surface area contributed by atoms with E-state index in [0.29, 0.717) is 6.54 Å². The highest BCUT2D eigenvalue weighted by molar-refractivity contribution is 5.77. The average molecular weight is 296 g/mol. The first-order chi connectivity index (χ1) is 10.4. The van der Waals surface area contributed by atoms with Crippen molar-refractivity contribution >= 4 is 11.0 Å². The molecule has 4 heteroatoms. The molecule has 114 valence electrons. The van der Waals surface area contributed by atoms with Gasteiger partial charge in [0.25, 0.3) is 0 Å². The van der Waals surface area contributed by atoms with E-state index in [1.165, 1.54) is 5.56 Å². The van der Waals surface area contributed by atoms with Gasteiger partial charge in [-0.2, -0.15) is 0 Å². The third-order valence-corrected chi connectivity index (χ3v) is 3.41. The van der Waals surface area contributed by atoms with Gasteiger partial charge in [0.15, 0.2) is 0 Å². The van der Waals surface area contributed by atoms with Gasteiger partial charge in [-0.25, -0.2) is 4.98 Å². The lowest BCUT2D eigenvalue weighted by Gasteiger charge is -2.18. The van der Waals surface area contributed by atoms with E-state index in [-0.39, 0.29) is 0 Å². The minimum absolute atomic E-state index is 0.502. The van der Waals surface area contributed by atoms with E-state index in [1.807, 2.05) is 54.0 Å². The second-order valence-electron chi connectivity index (χ2n) is 6.25. The first-order valence-electron chi connectivity index (χ1n) is 7.32. The van der Waals surface area contributed by atoms with Gasteiger partial charge in [-0.15, -0.1) is 0 Å². The first kappa shape index (κ1) is 14.6. The lowest BCUT2D eigenvalue weighted by molar-refractivity contribution is 0.0627. The Bertz CT molecular complexity index is 783. The number of hydrogen-bond acceptors (Lipinski definition) is 3. The number of fused-ring (bicyclic) bond motifs is 1. The minimum Gasteiger partial charge on any atom is -0.457 e. The third kappa shape index (κ3) is 3.28. The number of rotatable bonds is 4. The van der Waals surface area contributed by atoms with Gasteiger partial charge < -0.3 is 14.4 Å². The smallest absolute Gasteiger partial charge is 0.129 e. The minimum atomic E-state index is -0.773. The molecular weight excluding hydrogens is 276 g/mol. The predicted molar refractivity (Wildman–Crippen MR) is 87.3 cm³/mol. The molecule has 1 heterocycles. The van der Waals surface area contributed by atoms with E-state index in [1.54, 1.807) is 20.2 Å². The number of ether oxygens (including phenoxy) is 1. The molecule has 0 radical (unpaired) electrons. The molecule has 0 aliphatic carbocycles. The van der Waals surface area contributed by atoms with E-state index in [9.17, 15) is 5.11 Å². The highest BCUT2D eigenvalue weighted by atomic mass is 16.5. The number of imidazole rings is 1. The van der Waals surface area contributed by atoms with Gasteiger partial charge in [0.1, 0.15) is 11.5 Å². The van der Waals surface area contributed by atoms with Crippen LogP contribution >= 0.6 is 0 Å². The summed E-state index contributed by atoms with van der Waals surface area (Å²) in [6.45, 7) is 6.12. The normalized spacial score (nSPS) is 11.8. The number of hydrogen-bond donors (Lipinski definition) is 1. The van der Waals surface area contributed by atoms with Crippen LogP contribution in [-0.2, 0) is 6.54 Å². The Balaban J connectivity index is 1.86. The zero-order chi connectivity index (χ0) is 15.7. The molecule has 1 N–H and O–H groups in total. The third-order valence-electron chi connectivity index (χ3n) is 3.41. The van der Waals surface area contributed by atoms with E-state index in [0.717, 1.165) is 22.5 Å². The number of nitrogens with zero attached hydrogens (tertiary/aromatic N) is 2. The van der Waals surface area contributed by atoms with Crippen LogP contribution in [0.15, 0.2) is 48.8 Å². The van der Waals surface area contributed by atoms with Gasteiger partial charge in [-0.3, -0.25) is 0 Å². The Morgan fingerprint density at radius 1 is 1.09 bits per heavy atom. The van der Waals surface area contributed by atoms with Crippen LogP contribution in [-0.4, -0.2) is 20.3 Å². The highest BCUT2D eigenvalue weighted by Crippen LogP contribution is 2.26. The Labute approximate surface area is 130 Å². The van der Waals surface area contributed by atoms with Crippen molar-refractivity contribution in [3.8, 4) is 11.5 Å². The number of aryl methyl sites for hydroxylation is 1. The second-order valence-corrected chi connectivity index (χ2v) is 6.25. The topological polar surface area (TPSA) is 47.3 Å². The second kappa shape index (κ2) is 5.46. The summed E-state index contributed by atoms with van der Waals surface area (Å²) in [4.78, 5) is 4.39. The predicted octanol–water partition coefficient (Wildman–Crippen LogP) is 3.91. The van der Waals surface area contributed by atoms with Crippen molar-refractivity contribution in [3.05, 3.63) is 54.4 Å². The molecular formula is C18H20N2O2. The van der Waals surface area contributed by atoms with Gasteiger partial charge in [0.05, 0.1) is 29.5 Å². The van der Waals surface area contributed by atoms with Crippen molar-refractivity contribution in [2.75, 3.05) is 0 Å². The van der Waals surface area contributed by atoms with Crippen molar-refractivity contribution in [3.63, 3.8) is 0 Å². The zero-order valence-corrected chi connectivity index (χ0v) is 13.1. The van der Waals surface area contributed by atoms with Crippen LogP contribution in [0, 0.1) is 6.92 Å². The molecule has 0 saturated heterocycles. The molecule has 0 aliphatic rings. The molecule has 3 rings (SSSR count). The van der Waals surface area contributed by atoms with Crippen LogP contribution in [0.3, 0.4) is 0 Å². The van der Waals surface area contributed by atoms with Crippen molar-refractivity contribution in [1.29, 1.82) is 0 Å². The summed E-state index contributed by atoms with van der Waals surface area (Å²) < 4.78 is 7.80. The fraction of sp³-hybridized carbons (Fsp3) is 0.278. The van der Waals surface area contributed by atoms with Gasteiger partial charge in [0.2, 0.25) is 0 Å². The van der Waals surface area contributed by atoms with Crippen LogP contribution in [0.1, 0.15) is 19.4 Å². The molecule has 0 unspecified atom stereocenters. The fourth-order valence-corrected chi connectivity index (χ4v) is 2.39. The van der Waals surface area contributed by atoms with Crippen LogP contribution in [0.2, 0.25) is 0 Å². The van der Waals surface area contributed by atoms with Crippen molar-refractivity contribution in [2.24, 2.45) is 0 Å². The van der Waals surface area contributed by atoms with E-state index in [2.05, 4.69) is 4.98 Å². The lowest BCUT2D eigenvalue weighted by Crippen LogP contribution is -2.25. The maximum atomic E-state index is 9.95. The van der Waals surface area contributed by atoms with Crippen molar-refractivity contribution in [1.82, 2.24) is 9.55 Å². The summed E-state index contributed by atoms with van der Waals surface area (Å²) in [5.74, 6) is 1.56. The Kier molecular flexibility index (Phi) is 3.62. The highest BCUT2D eigenvalue weighted by Gasteiger charge is 2.15. The molecule has 0 atom stereocenters. The average Bonchev–Trinajstić information content (AvgIpc) is 2.82. The largest absolute Gasteiger partial charge is 0.457 e. The summed E-state index contributed by atoms with van der Waals surface area (Å²) in [6.07, 6.45) is 1.75. The summed E-state index contributed by atoms with van der Waals surface area (Å²) in [7, 11) is 0. The molecule has 0 saturated carbocycles.